The van der Waals surface area contributed by atoms with Crippen molar-refractivity contribution in [3.05, 3.63) is 64.6 Å². The Bertz CT molecular complexity index is 1040. The topological polar surface area (TPSA) is 81.2 Å². The highest BCUT2D eigenvalue weighted by Gasteiger charge is 2.16. The average molecular weight is 410 g/mol. The Hall–Kier alpha value is -2.35. The van der Waals surface area contributed by atoms with Gasteiger partial charge in [-0.15, -0.1) is 10.2 Å². The Kier molecular flexibility index (Phi) is 5.31. The first-order chi connectivity index (χ1) is 12.4. The van der Waals surface area contributed by atoms with E-state index in [0.717, 1.165) is 0 Å². The maximum absolute atomic E-state index is 12.5. The quantitative estimate of drug-likeness (QED) is 0.680. The van der Waals surface area contributed by atoms with Gasteiger partial charge in [0.25, 0.3) is 10.0 Å². The van der Waals surface area contributed by atoms with Crippen molar-refractivity contribution >= 4 is 38.9 Å². The van der Waals surface area contributed by atoms with Gasteiger partial charge in [0, 0.05) is 17.3 Å². The molecule has 2 aromatic carbocycles. The number of rotatable bonds is 5. The van der Waals surface area contributed by atoms with E-state index in [1.807, 2.05) is 0 Å². The van der Waals surface area contributed by atoms with E-state index >= 15 is 0 Å². The summed E-state index contributed by atoms with van der Waals surface area (Å²) < 4.78 is 32.6. The van der Waals surface area contributed by atoms with Crippen LogP contribution in [0.5, 0.6) is 5.88 Å². The predicted molar refractivity (Wildman–Crippen MR) is 101 cm³/mol. The summed E-state index contributed by atoms with van der Waals surface area (Å²) in [7, 11) is -2.31. The Labute approximate surface area is 160 Å². The number of nitrogens with zero attached hydrogens (tertiary/aromatic N) is 2. The molecule has 1 aromatic heterocycles. The van der Waals surface area contributed by atoms with E-state index in [-0.39, 0.29) is 14.9 Å². The molecule has 0 aliphatic carbocycles. The van der Waals surface area contributed by atoms with Gasteiger partial charge in [-0.25, -0.2) is 8.42 Å². The highest BCUT2D eigenvalue weighted by atomic mass is 35.5. The molecule has 0 saturated carbocycles. The van der Waals surface area contributed by atoms with Gasteiger partial charge in [-0.3, -0.25) is 4.72 Å². The van der Waals surface area contributed by atoms with Crippen LogP contribution in [-0.4, -0.2) is 25.7 Å². The fourth-order valence-corrected chi connectivity index (χ4v) is 3.62. The maximum Gasteiger partial charge on any atom is 0.261 e. The van der Waals surface area contributed by atoms with Gasteiger partial charge < -0.3 is 4.74 Å². The van der Waals surface area contributed by atoms with Crippen molar-refractivity contribution in [2.24, 2.45) is 0 Å². The lowest BCUT2D eigenvalue weighted by atomic mass is 10.1. The van der Waals surface area contributed by atoms with Crippen LogP contribution >= 0.6 is 23.2 Å². The Morgan fingerprint density at radius 3 is 2.42 bits per heavy atom. The normalized spacial score (nSPS) is 11.2. The summed E-state index contributed by atoms with van der Waals surface area (Å²) in [5.41, 5.74) is 1.67. The van der Waals surface area contributed by atoms with Gasteiger partial charge in [0.15, 0.2) is 0 Å². The molecule has 0 spiro atoms. The molecule has 0 aliphatic heterocycles. The van der Waals surface area contributed by atoms with E-state index in [1.165, 1.54) is 25.3 Å². The maximum atomic E-state index is 12.5. The zero-order valence-corrected chi connectivity index (χ0v) is 15.8. The fraction of sp³-hybridized carbons (Fsp3) is 0.0588. The molecule has 0 fully saturated rings. The molecule has 0 unspecified atom stereocenters. The summed E-state index contributed by atoms with van der Waals surface area (Å²) in [6.07, 6.45) is 0. The van der Waals surface area contributed by atoms with Crippen LogP contribution in [0, 0.1) is 0 Å². The third-order valence-corrected chi connectivity index (χ3v) is 5.58. The van der Waals surface area contributed by atoms with Gasteiger partial charge >= 0.3 is 0 Å². The van der Waals surface area contributed by atoms with Crippen LogP contribution < -0.4 is 9.46 Å². The monoisotopic (exact) mass is 409 g/mol. The van der Waals surface area contributed by atoms with Crippen LogP contribution in [0.25, 0.3) is 11.3 Å². The van der Waals surface area contributed by atoms with Gasteiger partial charge in [0.2, 0.25) is 5.88 Å². The number of anilines is 1. The highest BCUT2D eigenvalue weighted by Crippen LogP contribution is 2.27. The predicted octanol–water partition coefficient (Wildman–Crippen LogP) is 4.26. The molecule has 0 radical (unpaired) electrons. The molecule has 1 heterocycles. The lowest BCUT2D eigenvalue weighted by molar-refractivity contribution is 0.392. The molecule has 26 heavy (non-hydrogen) atoms. The summed E-state index contributed by atoms with van der Waals surface area (Å²) in [6.45, 7) is 0. The van der Waals surface area contributed by atoms with E-state index in [1.54, 1.807) is 36.4 Å². The van der Waals surface area contributed by atoms with Gasteiger partial charge in [-0.1, -0.05) is 35.3 Å². The number of hydrogen-bond acceptors (Lipinski definition) is 5. The molecule has 0 bridgehead atoms. The third kappa shape index (κ3) is 4.07. The molecule has 1 N–H and O–H groups in total. The Morgan fingerprint density at radius 1 is 0.962 bits per heavy atom. The third-order valence-electron chi connectivity index (χ3n) is 3.46. The van der Waals surface area contributed by atoms with E-state index in [0.29, 0.717) is 22.8 Å². The fourth-order valence-electron chi connectivity index (χ4n) is 2.18. The van der Waals surface area contributed by atoms with E-state index in [9.17, 15) is 8.42 Å². The standard InChI is InChI=1S/C17H13Cl2N3O3S/c1-25-17-8-7-16(20-21-17)11-3-2-4-12(9-11)22-26(23,24)13-5-6-14(18)15(19)10-13/h2-10,22H,1H3. The first-order valence-corrected chi connectivity index (χ1v) is 9.59. The van der Waals surface area contributed by atoms with Crippen molar-refractivity contribution in [1.82, 2.24) is 10.2 Å². The number of hydrogen-bond donors (Lipinski definition) is 1. The van der Waals surface area contributed by atoms with E-state index < -0.39 is 10.0 Å². The minimum absolute atomic E-state index is 0.0153. The largest absolute Gasteiger partial charge is 0.480 e. The van der Waals surface area contributed by atoms with Gasteiger partial charge in [0.05, 0.1) is 27.7 Å². The zero-order valence-electron chi connectivity index (χ0n) is 13.5. The average Bonchev–Trinajstić information content (AvgIpc) is 2.64. The second kappa shape index (κ2) is 7.49. The number of sulfonamides is 1. The summed E-state index contributed by atoms with van der Waals surface area (Å²) in [5.74, 6) is 0.394. The number of halogens is 2. The van der Waals surface area contributed by atoms with Crippen LogP contribution in [0.3, 0.4) is 0 Å². The van der Waals surface area contributed by atoms with Gasteiger partial charge in [-0.05, 0) is 36.4 Å². The second-order valence-electron chi connectivity index (χ2n) is 5.22. The SMILES string of the molecule is COc1ccc(-c2cccc(NS(=O)(=O)c3ccc(Cl)c(Cl)c3)c2)nn1. The van der Waals surface area contributed by atoms with Crippen LogP contribution in [0.1, 0.15) is 0 Å². The van der Waals surface area contributed by atoms with Crippen LogP contribution in [-0.2, 0) is 10.0 Å². The molecule has 6 nitrogen and oxygen atoms in total. The lowest BCUT2D eigenvalue weighted by Gasteiger charge is -2.10. The highest BCUT2D eigenvalue weighted by molar-refractivity contribution is 7.92. The Balaban J connectivity index is 1.88. The number of aromatic nitrogens is 2. The van der Waals surface area contributed by atoms with Crippen molar-refractivity contribution in [3.63, 3.8) is 0 Å². The van der Waals surface area contributed by atoms with Gasteiger partial charge in [0.1, 0.15) is 0 Å². The van der Waals surface area contributed by atoms with Crippen molar-refractivity contribution in [1.29, 1.82) is 0 Å². The molecule has 9 heteroatoms. The smallest absolute Gasteiger partial charge is 0.261 e. The van der Waals surface area contributed by atoms with Crippen molar-refractivity contribution in [2.45, 2.75) is 4.90 Å². The number of nitrogens with one attached hydrogen (secondary N) is 1. The van der Waals surface area contributed by atoms with Crippen LogP contribution in [0.2, 0.25) is 10.0 Å². The van der Waals surface area contributed by atoms with Crippen LogP contribution in [0.4, 0.5) is 5.69 Å². The van der Waals surface area contributed by atoms with Crippen molar-refractivity contribution < 1.29 is 13.2 Å². The van der Waals surface area contributed by atoms with E-state index in [2.05, 4.69) is 14.9 Å². The zero-order chi connectivity index (χ0) is 18.7. The number of ether oxygens (including phenoxy) is 1. The summed E-state index contributed by atoms with van der Waals surface area (Å²) >= 11 is 11.7. The molecule has 0 aliphatic rings. The minimum atomic E-state index is -3.81. The molecule has 134 valence electrons. The molecular formula is C17H13Cl2N3O3S. The molecule has 0 amide bonds. The van der Waals surface area contributed by atoms with Crippen LogP contribution in [0.15, 0.2) is 59.5 Å². The molecular weight excluding hydrogens is 397 g/mol. The van der Waals surface area contributed by atoms with Crippen molar-refractivity contribution in [3.8, 4) is 17.1 Å². The Morgan fingerprint density at radius 2 is 1.77 bits per heavy atom. The molecule has 0 saturated heterocycles. The summed E-state index contributed by atoms with van der Waals surface area (Å²) in [5, 5.41) is 8.40. The summed E-state index contributed by atoms with van der Waals surface area (Å²) in [4.78, 5) is 0.0153. The second-order valence-corrected chi connectivity index (χ2v) is 7.72. The molecule has 3 rings (SSSR count). The first kappa shape index (κ1) is 18.4. The molecule has 0 atom stereocenters. The summed E-state index contributed by atoms with van der Waals surface area (Å²) in [6, 6.07) is 14.3. The lowest BCUT2D eigenvalue weighted by Crippen LogP contribution is -2.13. The van der Waals surface area contributed by atoms with Crippen molar-refractivity contribution in [2.75, 3.05) is 11.8 Å². The van der Waals surface area contributed by atoms with E-state index in [4.69, 9.17) is 27.9 Å². The number of benzene rings is 2. The first-order valence-electron chi connectivity index (χ1n) is 7.35. The minimum Gasteiger partial charge on any atom is -0.480 e. The molecule has 3 aromatic rings. The number of methoxy groups -OCH3 is 1. The van der Waals surface area contributed by atoms with Gasteiger partial charge in [-0.2, -0.15) is 0 Å².